The van der Waals surface area contributed by atoms with Gasteiger partial charge in [0.25, 0.3) is 0 Å². The van der Waals surface area contributed by atoms with Crippen molar-refractivity contribution in [2.75, 3.05) is 6.61 Å². The van der Waals surface area contributed by atoms with Crippen LogP contribution in [0.5, 0.6) is 0 Å². The van der Waals surface area contributed by atoms with Crippen LogP contribution in [0.4, 0.5) is 0 Å². The van der Waals surface area contributed by atoms with E-state index in [0.29, 0.717) is 12.0 Å². The van der Waals surface area contributed by atoms with Gasteiger partial charge in [0, 0.05) is 11.3 Å². The van der Waals surface area contributed by atoms with E-state index in [1.165, 1.54) is 10.6 Å². The molecule has 1 heterocycles. The summed E-state index contributed by atoms with van der Waals surface area (Å²) < 4.78 is 6.09. The Kier molecular flexibility index (Phi) is 3.80. The number of rotatable bonds is 4. The highest BCUT2D eigenvalue weighted by Gasteiger charge is 2.19. The van der Waals surface area contributed by atoms with E-state index in [1.54, 1.807) is 19.8 Å². The lowest BCUT2D eigenvalue weighted by molar-refractivity contribution is 0.0515. The Balaban J connectivity index is 3.36. The largest absolute Gasteiger partial charge is 0.461 e. The molecule has 0 fully saturated rings. The van der Waals surface area contributed by atoms with E-state index >= 15 is 0 Å². The molecule has 0 atom stereocenters. The van der Waals surface area contributed by atoms with E-state index in [2.05, 4.69) is 0 Å². The van der Waals surface area contributed by atoms with Crippen LogP contribution in [0.2, 0.25) is 0 Å². The summed E-state index contributed by atoms with van der Waals surface area (Å²) in [6.07, 6.45) is 1.60. The second-order valence-electron chi connectivity index (χ2n) is 3.04. The summed E-state index contributed by atoms with van der Waals surface area (Å²) in [5.74, 6) is 0.929. The minimum Gasteiger partial charge on any atom is -0.461 e. The highest BCUT2D eigenvalue weighted by Crippen LogP contribution is 2.15. The van der Waals surface area contributed by atoms with Gasteiger partial charge in [-0.3, -0.25) is 4.79 Å². The Labute approximate surface area is 92.3 Å². The first-order valence-corrected chi connectivity index (χ1v) is 4.70. The number of hydrogen-bond acceptors (Lipinski definition) is 4. The van der Waals surface area contributed by atoms with Crippen molar-refractivity contribution in [2.24, 2.45) is 0 Å². The quantitative estimate of drug-likeness (QED) is 0.433. The molecule has 0 aliphatic carbocycles. The van der Waals surface area contributed by atoms with Crippen LogP contribution in [-0.2, 0) is 9.53 Å². The van der Waals surface area contributed by atoms with Crippen molar-refractivity contribution in [3.05, 3.63) is 23.0 Å². The lowest BCUT2D eigenvalue weighted by atomic mass is 10.2. The molecule has 16 heavy (non-hydrogen) atoms. The predicted molar refractivity (Wildman–Crippen MR) is 57.0 cm³/mol. The second-order valence-corrected chi connectivity index (χ2v) is 3.04. The molecule has 0 spiro atoms. The fourth-order valence-corrected chi connectivity index (χ4v) is 1.40. The summed E-state index contributed by atoms with van der Waals surface area (Å²) in [7, 11) is 0. The lowest BCUT2D eigenvalue weighted by Crippen LogP contribution is -2.12. The van der Waals surface area contributed by atoms with Gasteiger partial charge in [0.15, 0.2) is 6.29 Å². The van der Waals surface area contributed by atoms with Crippen molar-refractivity contribution in [3.63, 3.8) is 0 Å². The number of aryl methyl sites for hydroxylation is 1. The molecule has 84 valence electrons. The average molecular weight is 221 g/mol. The molecule has 0 saturated carbocycles. The van der Waals surface area contributed by atoms with E-state index in [4.69, 9.17) is 4.74 Å². The van der Waals surface area contributed by atoms with Gasteiger partial charge in [0.2, 0.25) is 0 Å². The number of carbonyl (C=O) groups excluding carboxylic acids is 3. The summed E-state index contributed by atoms with van der Waals surface area (Å²) in [5, 5.41) is 0. The van der Waals surface area contributed by atoms with E-state index in [0.717, 1.165) is 6.20 Å². The molecule has 0 aliphatic rings. The maximum atomic E-state index is 11.6. The third kappa shape index (κ3) is 2.10. The molecule has 1 aromatic heterocycles. The monoisotopic (exact) mass is 221 g/mol. The normalized spacial score (nSPS) is 9.38. The maximum absolute atomic E-state index is 11.6. The molecule has 0 aliphatic heterocycles. The zero-order valence-electron chi connectivity index (χ0n) is 9.02. The molecule has 1 aromatic rings. The molecule has 0 unspecified atom stereocenters. The topological polar surface area (TPSA) is 65.4 Å². The fourth-order valence-electron chi connectivity index (χ4n) is 1.40. The first kappa shape index (κ1) is 11.9. The van der Waals surface area contributed by atoms with Crippen LogP contribution in [0.25, 0.3) is 6.20 Å². The van der Waals surface area contributed by atoms with Gasteiger partial charge in [-0.15, -0.1) is 0 Å². The van der Waals surface area contributed by atoms with Gasteiger partial charge >= 0.3 is 5.97 Å². The molecule has 0 radical (unpaired) electrons. The van der Waals surface area contributed by atoms with E-state index < -0.39 is 5.97 Å². The van der Waals surface area contributed by atoms with Crippen molar-refractivity contribution in [1.29, 1.82) is 0 Å². The highest BCUT2D eigenvalue weighted by atomic mass is 16.5. The molecule has 0 amide bonds. The van der Waals surface area contributed by atoms with Crippen LogP contribution in [0.1, 0.15) is 33.5 Å². The first-order chi connectivity index (χ1) is 7.65. The van der Waals surface area contributed by atoms with Crippen molar-refractivity contribution in [3.8, 4) is 0 Å². The van der Waals surface area contributed by atoms with Crippen molar-refractivity contribution < 1.29 is 19.1 Å². The van der Waals surface area contributed by atoms with Gasteiger partial charge in [-0.05, 0) is 19.9 Å². The van der Waals surface area contributed by atoms with Crippen molar-refractivity contribution >= 4 is 24.4 Å². The summed E-state index contributed by atoms with van der Waals surface area (Å²) in [4.78, 5) is 32.7. The standard InChI is InChI=1S/C11H11NO4/c1-3-16-11(15)10-9(7-14)6-8(2)12(10)4-5-13/h4,6-7H,3H2,1-2H3. The summed E-state index contributed by atoms with van der Waals surface area (Å²) in [6, 6.07) is 1.51. The number of aldehydes is 1. The molecule has 0 saturated heterocycles. The summed E-state index contributed by atoms with van der Waals surface area (Å²) in [6.45, 7) is 3.53. The predicted octanol–water partition coefficient (Wildman–Crippen LogP) is 1.09. The van der Waals surface area contributed by atoms with Gasteiger partial charge in [0.05, 0.1) is 12.8 Å². The minimum atomic E-state index is -0.635. The molecule has 1 rings (SSSR count). The van der Waals surface area contributed by atoms with Gasteiger partial charge in [-0.25, -0.2) is 9.59 Å². The van der Waals surface area contributed by atoms with E-state index in [1.807, 2.05) is 0 Å². The maximum Gasteiger partial charge on any atom is 0.356 e. The third-order valence-electron chi connectivity index (χ3n) is 2.04. The van der Waals surface area contributed by atoms with E-state index in [-0.39, 0.29) is 17.9 Å². The first-order valence-electron chi connectivity index (χ1n) is 4.70. The molecule has 0 N–H and O–H groups in total. The minimum absolute atomic E-state index is 0.0534. The molecular formula is C11H11NO4. The highest BCUT2D eigenvalue weighted by molar-refractivity contribution is 5.98. The number of aromatic nitrogens is 1. The average Bonchev–Trinajstić information content (AvgIpc) is 2.57. The zero-order valence-corrected chi connectivity index (χ0v) is 9.02. The molecule has 0 aromatic carbocycles. The number of ether oxygens (including phenoxy) is 1. The second kappa shape index (κ2) is 5.09. The zero-order chi connectivity index (χ0) is 12.1. The van der Waals surface area contributed by atoms with Crippen LogP contribution in [0.3, 0.4) is 0 Å². The smallest absolute Gasteiger partial charge is 0.356 e. The Morgan fingerprint density at radius 1 is 1.62 bits per heavy atom. The summed E-state index contributed by atoms with van der Waals surface area (Å²) in [5.41, 5.74) is 0.841. The van der Waals surface area contributed by atoms with Crippen LogP contribution in [0.15, 0.2) is 6.07 Å². The number of hydrogen-bond donors (Lipinski definition) is 0. The van der Waals surface area contributed by atoms with Gasteiger partial charge in [0.1, 0.15) is 11.6 Å². The van der Waals surface area contributed by atoms with Crippen LogP contribution in [0, 0.1) is 6.92 Å². The molecular weight excluding hydrogens is 210 g/mol. The summed E-state index contributed by atoms with van der Waals surface area (Å²) >= 11 is 0. The van der Waals surface area contributed by atoms with Crippen LogP contribution in [-0.4, -0.2) is 29.4 Å². The SMILES string of the molecule is CCOC(=O)c1c(C=O)cc(C)n1C=C=O. The van der Waals surface area contributed by atoms with Gasteiger partial charge < -0.3 is 9.30 Å². The molecule has 5 heteroatoms. The van der Waals surface area contributed by atoms with Gasteiger partial charge in [-0.2, -0.15) is 0 Å². The van der Waals surface area contributed by atoms with Crippen molar-refractivity contribution in [1.82, 2.24) is 4.57 Å². The lowest BCUT2D eigenvalue weighted by Gasteiger charge is -2.04. The Bertz CT molecular complexity index is 467. The van der Waals surface area contributed by atoms with E-state index in [9.17, 15) is 14.4 Å². The Morgan fingerprint density at radius 3 is 2.81 bits per heavy atom. The van der Waals surface area contributed by atoms with Gasteiger partial charge in [-0.1, -0.05) is 0 Å². The third-order valence-corrected chi connectivity index (χ3v) is 2.04. The van der Waals surface area contributed by atoms with Crippen LogP contribution >= 0.6 is 0 Å². The molecule has 0 bridgehead atoms. The van der Waals surface area contributed by atoms with Crippen molar-refractivity contribution in [2.45, 2.75) is 13.8 Å². The molecule has 5 nitrogen and oxygen atoms in total. The fraction of sp³-hybridized carbons (Fsp3) is 0.273. The number of esters is 1. The number of nitrogens with zero attached hydrogens (tertiary/aromatic N) is 1. The Morgan fingerprint density at radius 2 is 2.31 bits per heavy atom. The number of carbonyl (C=O) groups is 2. The van der Waals surface area contributed by atoms with Crippen LogP contribution < -0.4 is 0 Å². The Hall–Kier alpha value is -2.13.